The summed E-state index contributed by atoms with van der Waals surface area (Å²) in [5.74, 6) is -5.06. The van der Waals surface area contributed by atoms with Crippen molar-refractivity contribution in [1.29, 1.82) is 0 Å². The van der Waals surface area contributed by atoms with Gasteiger partial charge in [-0.05, 0) is 26.3 Å². The predicted molar refractivity (Wildman–Crippen MR) is 163 cm³/mol. The van der Waals surface area contributed by atoms with Gasteiger partial charge < -0.3 is 60.2 Å². The van der Waals surface area contributed by atoms with Gasteiger partial charge in [-0.1, -0.05) is 0 Å². The normalized spacial score (nSPS) is 28.2. The largest absolute Gasteiger partial charge is 0.353 e. The number of nitrogens with two attached hydrogens (primary N) is 5. The predicted octanol–water partition coefficient (Wildman–Crippen LogP) is -7.21. The molecule has 21 heteroatoms. The Morgan fingerprint density at radius 1 is 1.07 bits per heavy atom. The molecule has 1 fully saturated rings. The van der Waals surface area contributed by atoms with Gasteiger partial charge in [0.15, 0.2) is 6.29 Å². The first-order valence-corrected chi connectivity index (χ1v) is 14.5. The Morgan fingerprint density at radius 3 is 2.43 bits per heavy atom. The van der Waals surface area contributed by atoms with Gasteiger partial charge in [0.1, 0.15) is 29.9 Å². The average Bonchev–Trinajstić information content (AvgIpc) is 3.00. The first-order valence-electron chi connectivity index (χ1n) is 14.5. The molecule has 21 nitrogen and oxygen atoms in total. The Kier molecular flexibility index (Phi) is 14.9. The molecule has 1 saturated heterocycles. The van der Waals surface area contributed by atoms with Crippen LogP contribution in [-0.4, -0.2) is 110 Å². The average molecular weight is 653 g/mol. The van der Waals surface area contributed by atoms with Gasteiger partial charge in [0.2, 0.25) is 29.5 Å². The smallest absolute Gasteiger partial charge is 0.316 e. The van der Waals surface area contributed by atoms with E-state index in [0.29, 0.717) is 19.4 Å². The Bertz CT molecular complexity index is 1210. The highest BCUT2D eigenvalue weighted by atomic mass is 16.2. The van der Waals surface area contributed by atoms with Crippen molar-refractivity contribution in [2.24, 2.45) is 33.7 Å². The summed E-state index contributed by atoms with van der Waals surface area (Å²) in [6.45, 7) is 0.855. The van der Waals surface area contributed by atoms with Crippen LogP contribution in [0.25, 0.3) is 0 Å². The lowest BCUT2D eigenvalue weighted by molar-refractivity contribution is -0.133. The molecule has 0 aromatic heterocycles. The molecule has 1 unspecified atom stereocenters. The molecule has 2 heterocycles. The van der Waals surface area contributed by atoms with Crippen molar-refractivity contribution in [3.05, 3.63) is 11.9 Å². The summed E-state index contributed by atoms with van der Waals surface area (Å²) in [6, 6.07) is -7.83. The molecule has 0 saturated carbocycles. The lowest BCUT2D eigenvalue weighted by Crippen LogP contribution is -2.64. The van der Waals surface area contributed by atoms with E-state index in [1.54, 1.807) is 0 Å². The summed E-state index contributed by atoms with van der Waals surface area (Å²) >= 11 is 0. The Labute approximate surface area is 264 Å². The van der Waals surface area contributed by atoms with Crippen LogP contribution in [0.1, 0.15) is 32.6 Å². The molecule has 8 amide bonds. The van der Waals surface area contributed by atoms with Crippen LogP contribution in [0.15, 0.2) is 16.9 Å². The molecule has 2 aliphatic rings. The van der Waals surface area contributed by atoms with E-state index >= 15 is 0 Å². The molecule has 18 N–H and O–H groups in total. The van der Waals surface area contributed by atoms with Gasteiger partial charge in [-0.25, -0.2) is 4.79 Å². The molecule has 46 heavy (non-hydrogen) atoms. The van der Waals surface area contributed by atoms with E-state index in [-0.39, 0.29) is 19.4 Å². The molecular weight excluding hydrogens is 608 g/mol. The highest BCUT2D eigenvalue weighted by molar-refractivity contribution is 6.02. The SMILES string of the molecule is C[C@H]1NC(=O)[C@@H](N)CNC(=O)[C@H]([C@H]2CC=NC(N)N2)NC(=O)/C(=C/NC(N)=O)NC(=O)[C@@H](CNC(=O)C[C@H](N)CCCN)NC1=O. The van der Waals surface area contributed by atoms with Gasteiger partial charge in [0, 0.05) is 50.4 Å². The third-order valence-electron chi connectivity index (χ3n) is 6.79. The van der Waals surface area contributed by atoms with Crippen molar-refractivity contribution in [2.45, 2.75) is 75.1 Å². The summed E-state index contributed by atoms with van der Waals surface area (Å²) < 4.78 is 0. The summed E-state index contributed by atoms with van der Waals surface area (Å²) in [7, 11) is 0. The van der Waals surface area contributed by atoms with Crippen LogP contribution < -0.4 is 71.2 Å². The monoisotopic (exact) mass is 652 g/mol. The minimum absolute atomic E-state index is 0.101. The quantitative estimate of drug-likeness (QED) is 0.103. The number of amides is 8. The molecular formula is C25H44N14O7. The van der Waals surface area contributed by atoms with E-state index in [1.807, 2.05) is 0 Å². The van der Waals surface area contributed by atoms with E-state index in [1.165, 1.54) is 13.1 Å². The zero-order valence-corrected chi connectivity index (χ0v) is 25.3. The fourth-order valence-corrected chi connectivity index (χ4v) is 4.25. The first kappa shape index (κ1) is 37.5. The first-order chi connectivity index (χ1) is 21.7. The van der Waals surface area contributed by atoms with Gasteiger partial charge in [0.25, 0.3) is 5.91 Å². The van der Waals surface area contributed by atoms with Crippen LogP contribution in [-0.2, 0) is 28.8 Å². The molecule has 0 aromatic rings. The van der Waals surface area contributed by atoms with E-state index in [0.717, 1.165) is 6.20 Å². The fraction of sp³-hybridized carbons (Fsp3) is 0.600. The lowest BCUT2D eigenvalue weighted by Gasteiger charge is -2.31. The van der Waals surface area contributed by atoms with Gasteiger partial charge in [-0.2, -0.15) is 0 Å². The van der Waals surface area contributed by atoms with Crippen LogP contribution in [0.3, 0.4) is 0 Å². The molecule has 0 aliphatic carbocycles. The second-order valence-corrected chi connectivity index (χ2v) is 10.6. The zero-order chi connectivity index (χ0) is 34.4. The van der Waals surface area contributed by atoms with Crippen molar-refractivity contribution in [2.75, 3.05) is 19.6 Å². The third kappa shape index (κ3) is 12.4. The highest BCUT2D eigenvalue weighted by Crippen LogP contribution is 2.07. The summed E-state index contributed by atoms with van der Waals surface area (Å²) in [4.78, 5) is 93.7. The standard InChI is InChI=1S/C25H44N14O7/c1-11-19(41)36-15(9-32-17(40)7-12(27)3-2-5-26)21(43)37-16(10-34-25(30)46)22(44)39-18(14-4-6-31-24(29)38-14)23(45)33-8-13(28)20(42)35-11/h6,10-15,18,24,38H,2-5,7-9,26-29H2,1H3,(H,32,40)(H,33,45)(H,35,42)(H,36,41)(H,37,43)(H,39,44)(H3,30,34,46)/b16-10-/t11-,12-,13+,14-,15-,18+,24?/m1/s1. The summed E-state index contributed by atoms with van der Waals surface area (Å²) in [5, 5.41) is 19.4. The molecule has 0 spiro atoms. The molecule has 2 rings (SSSR count). The van der Waals surface area contributed by atoms with Crippen molar-refractivity contribution in [3.8, 4) is 0 Å². The van der Waals surface area contributed by atoms with Gasteiger partial charge in [-0.15, -0.1) is 0 Å². The molecule has 7 atom stereocenters. The summed E-state index contributed by atoms with van der Waals surface area (Å²) in [6.07, 6.45) is 2.44. The number of carbonyl (C=O) groups excluding carboxylic acids is 7. The number of carbonyl (C=O) groups is 7. The molecule has 2 aliphatic heterocycles. The minimum atomic E-state index is -1.52. The van der Waals surface area contributed by atoms with Crippen molar-refractivity contribution in [3.63, 3.8) is 0 Å². The zero-order valence-electron chi connectivity index (χ0n) is 25.3. The second kappa shape index (κ2) is 18.3. The van der Waals surface area contributed by atoms with Gasteiger partial charge >= 0.3 is 6.03 Å². The van der Waals surface area contributed by atoms with Crippen LogP contribution in [0.2, 0.25) is 0 Å². The Balaban J connectivity index is 2.42. The van der Waals surface area contributed by atoms with Crippen LogP contribution >= 0.6 is 0 Å². The number of nitrogens with one attached hydrogen (secondary N) is 8. The maximum Gasteiger partial charge on any atom is 0.316 e. The molecule has 0 radical (unpaired) electrons. The molecule has 0 aromatic carbocycles. The number of primary amides is 1. The van der Waals surface area contributed by atoms with Crippen molar-refractivity contribution < 1.29 is 33.6 Å². The van der Waals surface area contributed by atoms with Crippen molar-refractivity contribution in [1.82, 2.24) is 42.5 Å². The number of hydrogen-bond acceptors (Lipinski definition) is 13. The van der Waals surface area contributed by atoms with Gasteiger partial charge in [-0.3, -0.25) is 44.8 Å². The van der Waals surface area contributed by atoms with E-state index in [2.05, 4.69) is 47.5 Å². The molecule has 0 bridgehead atoms. The van der Waals surface area contributed by atoms with E-state index in [9.17, 15) is 33.6 Å². The number of rotatable bonds is 9. The Morgan fingerprint density at radius 2 is 1.78 bits per heavy atom. The van der Waals surface area contributed by atoms with Gasteiger partial charge in [0.05, 0.1) is 0 Å². The van der Waals surface area contributed by atoms with Crippen LogP contribution in [0, 0.1) is 0 Å². The number of urea groups is 1. The topological polar surface area (TPSA) is 358 Å². The van der Waals surface area contributed by atoms with Crippen molar-refractivity contribution >= 4 is 47.7 Å². The van der Waals surface area contributed by atoms with E-state index in [4.69, 9.17) is 28.7 Å². The Hall–Kier alpha value is -4.70. The fourth-order valence-electron chi connectivity index (χ4n) is 4.25. The third-order valence-corrected chi connectivity index (χ3v) is 6.79. The van der Waals surface area contributed by atoms with E-state index < -0.39 is 96.3 Å². The minimum Gasteiger partial charge on any atom is -0.353 e. The highest BCUT2D eigenvalue weighted by Gasteiger charge is 2.35. The number of nitrogens with zero attached hydrogens (tertiary/aromatic N) is 1. The summed E-state index contributed by atoms with van der Waals surface area (Å²) in [5.41, 5.74) is 27.7. The maximum absolute atomic E-state index is 13.4. The molecule has 256 valence electrons. The lowest BCUT2D eigenvalue weighted by atomic mass is 10.0. The van der Waals surface area contributed by atoms with Crippen LogP contribution in [0.4, 0.5) is 4.79 Å². The number of aliphatic imine (C=N–C) groups is 1. The maximum atomic E-state index is 13.4. The van der Waals surface area contributed by atoms with Crippen LogP contribution in [0.5, 0.6) is 0 Å². The second-order valence-electron chi connectivity index (χ2n) is 10.6. The number of hydrogen-bond donors (Lipinski definition) is 13.